The number of anilines is 1. The van der Waals surface area contributed by atoms with Gasteiger partial charge in [-0.05, 0) is 32.9 Å². The summed E-state index contributed by atoms with van der Waals surface area (Å²) in [6.07, 6.45) is 0. The summed E-state index contributed by atoms with van der Waals surface area (Å²) in [5.74, 6) is 0.641. The van der Waals surface area contributed by atoms with Crippen LogP contribution in [-0.2, 0) is 9.53 Å². The highest BCUT2D eigenvalue weighted by Crippen LogP contribution is 2.20. The van der Waals surface area contributed by atoms with Crippen LogP contribution in [0.25, 0.3) is 0 Å². The van der Waals surface area contributed by atoms with Gasteiger partial charge in [-0.1, -0.05) is 6.07 Å². The highest BCUT2D eigenvalue weighted by molar-refractivity contribution is 5.75. The molecule has 0 bridgehead atoms. The molecular formula is C15H23NO3. The van der Waals surface area contributed by atoms with E-state index in [2.05, 4.69) is 0 Å². The summed E-state index contributed by atoms with van der Waals surface area (Å²) < 4.78 is 10.4. The minimum absolute atomic E-state index is 0.174. The van der Waals surface area contributed by atoms with Gasteiger partial charge < -0.3 is 14.4 Å². The van der Waals surface area contributed by atoms with Crippen LogP contribution in [-0.4, -0.2) is 33.3 Å². The van der Waals surface area contributed by atoms with E-state index >= 15 is 0 Å². The van der Waals surface area contributed by atoms with Crippen LogP contribution in [0.1, 0.15) is 20.8 Å². The van der Waals surface area contributed by atoms with E-state index in [1.165, 1.54) is 0 Å². The van der Waals surface area contributed by atoms with Crippen LogP contribution in [0.2, 0.25) is 0 Å². The number of nitrogens with zero attached hydrogens (tertiary/aromatic N) is 1. The van der Waals surface area contributed by atoms with E-state index in [0.29, 0.717) is 13.2 Å². The molecule has 0 unspecified atom stereocenters. The third-order valence-electron chi connectivity index (χ3n) is 2.77. The van der Waals surface area contributed by atoms with Gasteiger partial charge in [0.2, 0.25) is 0 Å². The lowest BCUT2D eigenvalue weighted by atomic mass is 9.97. The molecule has 106 valence electrons. The number of rotatable bonds is 5. The fourth-order valence-corrected chi connectivity index (χ4v) is 1.47. The zero-order valence-electron chi connectivity index (χ0n) is 12.4. The average Bonchev–Trinajstić information content (AvgIpc) is 2.37. The van der Waals surface area contributed by atoms with Crippen molar-refractivity contribution < 1.29 is 14.3 Å². The van der Waals surface area contributed by atoms with Gasteiger partial charge in [0.05, 0.1) is 19.1 Å². The second-order valence-electron chi connectivity index (χ2n) is 5.51. The first-order valence-electron chi connectivity index (χ1n) is 6.37. The van der Waals surface area contributed by atoms with Crippen molar-refractivity contribution in [3.05, 3.63) is 24.3 Å². The zero-order chi connectivity index (χ0) is 14.5. The number of esters is 1. The SMILES string of the molecule is COc1cccc(N(C)CCOC(=O)C(C)(C)C)c1. The fraction of sp³-hybridized carbons (Fsp3) is 0.533. The van der Waals surface area contributed by atoms with E-state index in [0.717, 1.165) is 11.4 Å². The summed E-state index contributed by atoms with van der Waals surface area (Å²) in [6, 6.07) is 7.78. The summed E-state index contributed by atoms with van der Waals surface area (Å²) in [6.45, 7) is 6.57. The quantitative estimate of drug-likeness (QED) is 0.767. The largest absolute Gasteiger partial charge is 0.497 e. The Hall–Kier alpha value is -1.71. The number of hydrogen-bond donors (Lipinski definition) is 0. The topological polar surface area (TPSA) is 38.8 Å². The summed E-state index contributed by atoms with van der Waals surface area (Å²) >= 11 is 0. The van der Waals surface area contributed by atoms with E-state index in [9.17, 15) is 4.79 Å². The first-order valence-corrected chi connectivity index (χ1v) is 6.37. The molecule has 0 saturated carbocycles. The lowest BCUT2D eigenvalue weighted by Crippen LogP contribution is -2.28. The van der Waals surface area contributed by atoms with Crippen molar-refractivity contribution in [1.29, 1.82) is 0 Å². The van der Waals surface area contributed by atoms with Gasteiger partial charge in [0.1, 0.15) is 12.4 Å². The Bertz CT molecular complexity index is 424. The van der Waals surface area contributed by atoms with Crippen LogP contribution in [0.5, 0.6) is 5.75 Å². The van der Waals surface area contributed by atoms with Crippen LogP contribution < -0.4 is 9.64 Å². The van der Waals surface area contributed by atoms with E-state index in [1.54, 1.807) is 7.11 Å². The maximum atomic E-state index is 11.6. The molecule has 0 amide bonds. The van der Waals surface area contributed by atoms with E-state index in [1.807, 2.05) is 57.0 Å². The molecule has 19 heavy (non-hydrogen) atoms. The van der Waals surface area contributed by atoms with E-state index in [-0.39, 0.29) is 5.97 Å². The molecule has 0 aromatic heterocycles. The zero-order valence-corrected chi connectivity index (χ0v) is 12.4. The van der Waals surface area contributed by atoms with Gasteiger partial charge in [0.15, 0.2) is 0 Å². The molecule has 0 atom stereocenters. The van der Waals surface area contributed by atoms with Crippen molar-refractivity contribution >= 4 is 11.7 Å². The Balaban J connectivity index is 2.47. The lowest BCUT2D eigenvalue weighted by Gasteiger charge is -2.21. The third kappa shape index (κ3) is 4.81. The van der Waals surface area contributed by atoms with Gasteiger partial charge >= 0.3 is 5.97 Å². The van der Waals surface area contributed by atoms with Gasteiger partial charge in [0, 0.05) is 18.8 Å². The first kappa shape index (κ1) is 15.3. The van der Waals surface area contributed by atoms with Gasteiger partial charge in [0.25, 0.3) is 0 Å². The molecular weight excluding hydrogens is 242 g/mol. The highest BCUT2D eigenvalue weighted by Gasteiger charge is 2.22. The smallest absolute Gasteiger partial charge is 0.311 e. The molecule has 0 heterocycles. The Morgan fingerprint density at radius 2 is 2.00 bits per heavy atom. The number of hydrogen-bond acceptors (Lipinski definition) is 4. The highest BCUT2D eigenvalue weighted by atomic mass is 16.5. The average molecular weight is 265 g/mol. The minimum atomic E-state index is -0.450. The maximum absolute atomic E-state index is 11.6. The van der Waals surface area contributed by atoms with Crippen LogP contribution in [0.4, 0.5) is 5.69 Å². The molecule has 1 aromatic carbocycles. The van der Waals surface area contributed by atoms with Crippen LogP contribution >= 0.6 is 0 Å². The Kier molecular flexibility index (Phi) is 5.21. The second-order valence-corrected chi connectivity index (χ2v) is 5.51. The minimum Gasteiger partial charge on any atom is -0.497 e. The van der Waals surface area contributed by atoms with Gasteiger partial charge in [-0.2, -0.15) is 0 Å². The first-order chi connectivity index (χ1) is 8.84. The van der Waals surface area contributed by atoms with Crippen LogP contribution in [0.15, 0.2) is 24.3 Å². The Morgan fingerprint density at radius 1 is 1.32 bits per heavy atom. The summed E-state index contributed by atoms with van der Waals surface area (Å²) in [5, 5.41) is 0. The fourth-order valence-electron chi connectivity index (χ4n) is 1.47. The van der Waals surface area contributed by atoms with Crippen molar-refractivity contribution in [3.63, 3.8) is 0 Å². The van der Waals surface area contributed by atoms with Crippen LogP contribution in [0.3, 0.4) is 0 Å². The third-order valence-corrected chi connectivity index (χ3v) is 2.77. The molecule has 1 rings (SSSR count). The summed E-state index contributed by atoms with van der Waals surface area (Å²) in [7, 11) is 3.60. The predicted molar refractivity (Wildman–Crippen MR) is 76.7 cm³/mol. The van der Waals surface area contributed by atoms with Crippen molar-refractivity contribution in [2.24, 2.45) is 5.41 Å². The normalized spacial score (nSPS) is 11.0. The Labute approximate surface area is 115 Å². The second kappa shape index (κ2) is 6.45. The molecule has 0 aliphatic carbocycles. The van der Waals surface area contributed by atoms with E-state index < -0.39 is 5.41 Å². The number of carbonyl (C=O) groups is 1. The van der Waals surface area contributed by atoms with Crippen molar-refractivity contribution in [2.75, 3.05) is 32.2 Å². The standard InChI is InChI=1S/C15H23NO3/c1-15(2,3)14(17)19-10-9-16(4)12-7-6-8-13(11-12)18-5/h6-8,11H,9-10H2,1-5H3. The number of likely N-dealkylation sites (N-methyl/N-ethyl adjacent to an activating group) is 1. The predicted octanol–water partition coefficient (Wildman–Crippen LogP) is 2.72. The number of methoxy groups -OCH3 is 1. The molecule has 4 heteroatoms. The number of benzene rings is 1. The molecule has 0 aliphatic rings. The van der Waals surface area contributed by atoms with E-state index in [4.69, 9.17) is 9.47 Å². The van der Waals surface area contributed by atoms with Crippen molar-refractivity contribution in [3.8, 4) is 5.75 Å². The summed E-state index contributed by atoms with van der Waals surface area (Å²) in [5.41, 5.74) is 0.584. The van der Waals surface area contributed by atoms with Gasteiger partial charge in [-0.15, -0.1) is 0 Å². The monoisotopic (exact) mass is 265 g/mol. The number of carbonyl (C=O) groups excluding carboxylic acids is 1. The molecule has 0 fully saturated rings. The maximum Gasteiger partial charge on any atom is 0.311 e. The van der Waals surface area contributed by atoms with Crippen molar-refractivity contribution in [2.45, 2.75) is 20.8 Å². The lowest BCUT2D eigenvalue weighted by molar-refractivity contribution is -0.152. The van der Waals surface area contributed by atoms with Gasteiger partial charge in [-0.3, -0.25) is 4.79 Å². The Morgan fingerprint density at radius 3 is 2.58 bits per heavy atom. The van der Waals surface area contributed by atoms with Crippen molar-refractivity contribution in [1.82, 2.24) is 0 Å². The number of ether oxygens (including phenoxy) is 2. The molecule has 0 spiro atoms. The summed E-state index contributed by atoms with van der Waals surface area (Å²) in [4.78, 5) is 13.6. The molecule has 0 radical (unpaired) electrons. The molecule has 1 aromatic rings. The molecule has 0 saturated heterocycles. The molecule has 0 N–H and O–H groups in total. The van der Waals surface area contributed by atoms with Crippen LogP contribution in [0, 0.1) is 5.41 Å². The molecule has 4 nitrogen and oxygen atoms in total. The van der Waals surface area contributed by atoms with Gasteiger partial charge in [-0.25, -0.2) is 0 Å². The molecule has 0 aliphatic heterocycles.